The van der Waals surface area contributed by atoms with E-state index in [1.807, 2.05) is 58.6 Å². The van der Waals surface area contributed by atoms with Crippen LogP contribution in [0.1, 0.15) is 109 Å². The zero-order valence-electron chi connectivity index (χ0n) is 30.3. The second-order valence-electron chi connectivity index (χ2n) is 15.7. The van der Waals surface area contributed by atoms with Gasteiger partial charge in [-0.05, 0) is 70.9 Å². The normalized spacial score (nSPS) is 21.9. The molecule has 12 nitrogen and oxygen atoms in total. The number of nitrogens with zero attached hydrogens (tertiary/aromatic N) is 4. The molecule has 1 aliphatic heterocycles. The number of nitrogens with one attached hydrogen (secondary N) is 2. The molecule has 1 aliphatic carbocycles. The topological polar surface area (TPSA) is 139 Å². The van der Waals surface area contributed by atoms with Crippen LogP contribution < -0.4 is 10.6 Å². The van der Waals surface area contributed by atoms with Crippen molar-refractivity contribution in [3.05, 3.63) is 41.7 Å². The molecule has 0 spiro atoms. The lowest BCUT2D eigenvalue weighted by molar-refractivity contribution is -0.128. The molecule has 1 saturated heterocycles. The third kappa shape index (κ3) is 10.2. The maximum absolute atomic E-state index is 14.6. The number of piperidine rings is 1. The van der Waals surface area contributed by atoms with Gasteiger partial charge in [0.05, 0.1) is 25.0 Å². The minimum atomic E-state index is -0.698. The highest BCUT2D eigenvalue weighted by Crippen LogP contribution is 2.29. The molecule has 3 amide bonds. The van der Waals surface area contributed by atoms with Crippen molar-refractivity contribution in [1.82, 2.24) is 25.1 Å². The van der Waals surface area contributed by atoms with Crippen molar-refractivity contribution in [2.45, 2.75) is 123 Å². The van der Waals surface area contributed by atoms with Gasteiger partial charge < -0.3 is 34.3 Å². The van der Waals surface area contributed by atoms with E-state index in [9.17, 15) is 14.4 Å². The molecule has 0 radical (unpaired) electrons. The lowest BCUT2D eigenvalue weighted by Gasteiger charge is -2.44. The Labute approximate surface area is 285 Å². The second kappa shape index (κ2) is 15.7. The summed E-state index contributed by atoms with van der Waals surface area (Å²) < 4.78 is 16.8. The predicted molar refractivity (Wildman–Crippen MR) is 184 cm³/mol. The predicted octanol–water partition coefficient (Wildman–Crippen LogP) is 5.78. The zero-order chi connectivity index (χ0) is 35.2. The minimum absolute atomic E-state index is 0.0170. The maximum atomic E-state index is 14.6. The number of aromatic nitrogens is 2. The number of rotatable bonds is 10. The van der Waals surface area contributed by atoms with Crippen LogP contribution in [0.15, 0.2) is 29.0 Å². The van der Waals surface area contributed by atoms with Gasteiger partial charge in [0.2, 0.25) is 5.91 Å². The Morgan fingerprint density at radius 2 is 1.79 bits per heavy atom. The third-order valence-corrected chi connectivity index (χ3v) is 8.77. The smallest absolute Gasteiger partial charge is 0.410 e. The number of amides is 3. The number of ether oxygens (including phenoxy) is 2. The molecule has 2 atom stereocenters. The van der Waals surface area contributed by atoms with Gasteiger partial charge in [0.25, 0.3) is 5.91 Å². The van der Waals surface area contributed by atoms with E-state index in [1.165, 1.54) is 0 Å². The van der Waals surface area contributed by atoms with Crippen molar-refractivity contribution in [2.24, 2.45) is 11.8 Å². The number of anilines is 1. The number of hydrogen-bond donors (Lipinski definition) is 2. The van der Waals surface area contributed by atoms with Gasteiger partial charge in [0, 0.05) is 50.3 Å². The largest absolute Gasteiger partial charge is 0.467 e. The molecule has 266 valence electrons. The summed E-state index contributed by atoms with van der Waals surface area (Å²) in [6.07, 6.45) is 6.61. The first-order valence-electron chi connectivity index (χ1n) is 17.3. The van der Waals surface area contributed by atoms with Crippen LogP contribution in [0.4, 0.5) is 10.6 Å². The number of carbonyl (C=O) groups excluding carboxylic acids is 3. The summed E-state index contributed by atoms with van der Waals surface area (Å²) in [4.78, 5) is 54.4. The van der Waals surface area contributed by atoms with Crippen molar-refractivity contribution in [3.8, 4) is 0 Å². The Balaban J connectivity index is 1.64. The van der Waals surface area contributed by atoms with Crippen LogP contribution >= 0.6 is 0 Å². The molecule has 48 heavy (non-hydrogen) atoms. The fraction of sp³-hybridized carbons (Fsp3) is 0.694. The summed E-state index contributed by atoms with van der Waals surface area (Å²) in [5, 5.41) is 6.55. The van der Waals surface area contributed by atoms with Gasteiger partial charge in [-0.25, -0.2) is 14.8 Å². The second-order valence-corrected chi connectivity index (χ2v) is 15.7. The molecule has 2 aromatic heterocycles. The monoisotopic (exact) mass is 668 g/mol. The SMILES string of the molecule is COC1CCC(C(=O)N[C@@H]2C[C@H](N(CC(C)C)C(=O)c3cnc(C(C)(C)C)nc3NCc3ccco3)CN(C(=O)OC(C)(C)C)C2)CC1. The van der Waals surface area contributed by atoms with Crippen LogP contribution in [-0.2, 0) is 26.2 Å². The molecule has 12 heteroatoms. The van der Waals surface area contributed by atoms with E-state index in [0.717, 1.165) is 25.7 Å². The minimum Gasteiger partial charge on any atom is -0.467 e. The van der Waals surface area contributed by atoms with E-state index in [4.69, 9.17) is 18.9 Å². The Kier molecular flexibility index (Phi) is 12.1. The molecule has 3 heterocycles. The first-order chi connectivity index (χ1) is 22.5. The molecule has 0 aromatic carbocycles. The summed E-state index contributed by atoms with van der Waals surface area (Å²) in [5.74, 6) is 1.49. The van der Waals surface area contributed by atoms with Crippen LogP contribution in [0, 0.1) is 11.8 Å². The molecule has 2 aliphatic rings. The highest BCUT2D eigenvalue weighted by molar-refractivity contribution is 5.98. The van der Waals surface area contributed by atoms with Crippen LogP contribution in [-0.4, -0.2) is 88.2 Å². The number of furan rings is 1. The standard InChI is InChI=1S/C36H56N6O6/c1-23(2)20-42(32(44)29-19-38-33(35(3,4)5)40-30(29)37-18-28-11-10-16-47-28)26-17-25(21-41(22-26)34(45)48-36(6,7)8)39-31(43)24-12-14-27(46-9)15-13-24/h10-11,16,19,23-27H,12-15,17-18,20-22H2,1-9H3,(H,39,43)(H,37,38,40)/t24?,25-,26+,27?/m1/s1. The van der Waals surface area contributed by atoms with E-state index < -0.39 is 17.7 Å². The quantitative estimate of drug-likeness (QED) is 0.323. The Bertz CT molecular complexity index is 1370. The molecule has 0 unspecified atom stereocenters. The molecule has 0 bridgehead atoms. The highest BCUT2D eigenvalue weighted by Gasteiger charge is 2.39. The number of hydrogen-bond acceptors (Lipinski definition) is 9. The molecule has 4 rings (SSSR count). The molecule has 2 aromatic rings. The van der Waals surface area contributed by atoms with Gasteiger partial charge in [-0.15, -0.1) is 0 Å². The fourth-order valence-corrected chi connectivity index (χ4v) is 6.32. The number of carbonyl (C=O) groups is 3. The van der Waals surface area contributed by atoms with Crippen molar-refractivity contribution in [3.63, 3.8) is 0 Å². The Hall–Kier alpha value is -3.67. The van der Waals surface area contributed by atoms with Gasteiger partial charge in [0.15, 0.2) is 0 Å². The zero-order valence-corrected chi connectivity index (χ0v) is 30.3. The maximum Gasteiger partial charge on any atom is 0.410 e. The lowest BCUT2D eigenvalue weighted by atomic mass is 9.86. The van der Waals surface area contributed by atoms with Crippen molar-refractivity contribution >= 4 is 23.7 Å². The summed E-state index contributed by atoms with van der Waals surface area (Å²) in [5.41, 5.74) is -0.706. The van der Waals surface area contributed by atoms with Crippen LogP contribution in [0.5, 0.6) is 0 Å². The van der Waals surface area contributed by atoms with Crippen LogP contribution in [0.2, 0.25) is 0 Å². The average Bonchev–Trinajstić information content (AvgIpc) is 3.54. The molecular weight excluding hydrogens is 612 g/mol. The molecule has 2 N–H and O–H groups in total. The molecule has 1 saturated carbocycles. The van der Waals surface area contributed by atoms with Gasteiger partial charge >= 0.3 is 6.09 Å². The number of methoxy groups -OCH3 is 1. The van der Waals surface area contributed by atoms with Gasteiger partial charge in [-0.1, -0.05) is 34.6 Å². The van der Waals surface area contributed by atoms with Gasteiger partial charge in [0.1, 0.15) is 28.6 Å². The summed E-state index contributed by atoms with van der Waals surface area (Å²) in [6, 6.07) is 2.92. The van der Waals surface area contributed by atoms with Crippen molar-refractivity contribution in [1.29, 1.82) is 0 Å². The van der Waals surface area contributed by atoms with Crippen molar-refractivity contribution in [2.75, 3.05) is 32.1 Å². The van der Waals surface area contributed by atoms with Gasteiger partial charge in [-0.3, -0.25) is 9.59 Å². The summed E-state index contributed by atoms with van der Waals surface area (Å²) in [6.45, 7) is 17.0. The lowest BCUT2D eigenvalue weighted by Crippen LogP contribution is -2.60. The third-order valence-electron chi connectivity index (χ3n) is 8.77. The molecular formula is C36H56N6O6. The fourth-order valence-electron chi connectivity index (χ4n) is 6.32. The van der Waals surface area contributed by atoms with E-state index in [-0.39, 0.29) is 47.8 Å². The Morgan fingerprint density at radius 1 is 1.08 bits per heavy atom. The van der Waals surface area contributed by atoms with Crippen LogP contribution in [0.25, 0.3) is 0 Å². The number of likely N-dealkylation sites (tertiary alicyclic amines) is 1. The average molecular weight is 669 g/mol. The van der Waals surface area contributed by atoms with E-state index in [2.05, 4.69) is 29.5 Å². The van der Waals surface area contributed by atoms with E-state index >= 15 is 0 Å². The van der Waals surface area contributed by atoms with E-state index in [0.29, 0.717) is 49.0 Å². The summed E-state index contributed by atoms with van der Waals surface area (Å²) in [7, 11) is 1.71. The highest BCUT2D eigenvalue weighted by atomic mass is 16.6. The molecule has 2 fully saturated rings. The van der Waals surface area contributed by atoms with Crippen LogP contribution in [0.3, 0.4) is 0 Å². The summed E-state index contributed by atoms with van der Waals surface area (Å²) >= 11 is 0. The van der Waals surface area contributed by atoms with Gasteiger partial charge in [-0.2, -0.15) is 0 Å². The Morgan fingerprint density at radius 3 is 2.38 bits per heavy atom. The first-order valence-corrected chi connectivity index (χ1v) is 17.3. The van der Waals surface area contributed by atoms with E-state index in [1.54, 1.807) is 24.5 Å². The first kappa shape index (κ1) is 37.2. The van der Waals surface area contributed by atoms with Crippen molar-refractivity contribution < 1.29 is 28.3 Å².